The number of benzene rings is 1. The van der Waals surface area contributed by atoms with E-state index in [1.807, 2.05) is 11.8 Å². The number of amidine groups is 1. The SMILES string of the molecule is CC1CN(c2cc(Cl)ccc2/C(N)=N/O)CC(CO)O1. The lowest BCUT2D eigenvalue weighted by Gasteiger charge is -2.38. The molecule has 2 unspecified atom stereocenters. The van der Waals surface area contributed by atoms with Gasteiger partial charge in [-0.3, -0.25) is 0 Å². The molecule has 1 heterocycles. The normalized spacial score (nSPS) is 23.9. The van der Waals surface area contributed by atoms with Crippen LogP contribution >= 0.6 is 11.6 Å². The van der Waals surface area contributed by atoms with Gasteiger partial charge in [0.05, 0.1) is 18.8 Å². The Labute approximate surface area is 122 Å². The van der Waals surface area contributed by atoms with Crippen LogP contribution in [0.2, 0.25) is 5.02 Å². The quantitative estimate of drug-likeness (QED) is 0.335. The van der Waals surface area contributed by atoms with E-state index < -0.39 is 0 Å². The first kappa shape index (κ1) is 14.9. The summed E-state index contributed by atoms with van der Waals surface area (Å²) in [5.74, 6) is 0.0244. The lowest BCUT2D eigenvalue weighted by molar-refractivity contribution is -0.0421. The predicted molar refractivity (Wildman–Crippen MR) is 77.6 cm³/mol. The molecular weight excluding hydrogens is 282 g/mol. The Hall–Kier alpha value is -1.50. The van der Waals surface area contributed by atoms with Crippen molar-refractivity contribution < 1.29 is 15.1 Å². The molecule has 0 aromatic heterocycles. The van der Waals surface area contributed by atoms with E-state index in [0.717, 1.165) is 5.69 Å². The molecule has 1 aliphatic heterocycles. The van der Waals surface area contributed by atoms with Crippen molar-refractivity contribution in [3.63, 3.8) is 0 Å². The highest BCUT2D eigenvalue weighted by atomic mass is 35.5. The largest absolute Gasteiger partial charge is 0.409 e. The minimum atomic E-state index is -0.266. The summed E-state index contributed by atoms with van der Waals surface area (Å²) < 4.78 is 5.61. The van der Waals surface area contributed by atoms with E-state index >= 15 is 0 Å². The summed E-state index contributed by atoms with van der Waals surface area (Å²) in [6.45, 7) is 3.04. The summed E-state index contributed by atoms with van der Waals surface area (Å²) in [6.07, 6.45) is -0.294. The van der Waals surface area contributed by atoms with Crippen LogP contribution in [0.25, 0.3) is 0 Å². The Bertz CT molecular complexity index is 510. The number of nitrogens with zero attached hydrogens (tertiary/aromatic N) is 2. The van der Waals surface area contributed by atoms with E-state index in [1.165, 1.54) is 0 Å². The fourth-order valence-electron chi connectivity index (χ4n) is 2.38. The Morgan fingerprint density at radius 1 is 1.55 bits per heavy atom. The summed E-state index contributed by atoms with van der Waals surface area (Å²) in [4.78, 5) is 2.02. The second kappa shape index (κ2) is 6.30. The highest BCUT2D eigenvalue weighted by Crippen LogP contribution is 2.27. The topological polar surface area (TPSA) is 91.3 Å². The van der Waals surface area contributed by atoms with Crippen LogP contribution in [0.3, 0.4) is 0 Å². The number of hydrogen-bond donors (Lipinski definition) is 3. The number of aliphatic hydroxyl groups excluding tert-OH is 1. The maximum atomic E-state index is 9.29. The molecule has 1 aliphatic rings. The van der Waals surface area contributed by atoms with Crippen LogP contribution in [0.15, 0.2) is 23.4 Å². The van der Waals surface area contributed by atoms with Crippen molar-refractivity contribution in [3.8, 4) is 0 Å². The van der Waals surface area contributed by atoms with E-state index in [4.69, 9.17) is 27.3 Å². The molecule has 0 spiro atoms. The molecule has 7 heteroatoms. The van der Waals surface area contributed by atoms with E-state index in [9.17, 15) is 5.11 Å². The first-order valence-electron chi connectivity index (χ1n) is 6.34. The van der Waals surface area contributed by atoms with Crippen LogP contribution in [-0.2, 0) is 4.74 Å². The van der Waals surface area contributed by atoms with Crippen molar-refractivity contribution in [2.75, 3.05) is 24.6 Å². The summed E-state index contributed by atoms with van der Waals surface area (Å²) in [7, 11) is 0. The van der Waals surface area contributed by atoms with Crippen LogP contribution in [0.5, 0.6) is 0 Å². The summed E-state index contributed by atoms with van der Waals surface area (Å²) in [5, 5.41) is 21.8. The minimum absolute atomic E-state index is 0.0244. The van der Waals surface area contributed by atoms with Gasteiger partial charge in [-0.1, -0.05) is 16.8 Å². The number of aliphatic hydroxyl groups is 1. The minimum Gasteiger partial charge on any atom is -0.409 e. The number of oxime groups is 1. The van der Waals surface area contributed by atoms with Crippen molar-refractivity contribution in [2.24, 2.45) is 10.9 Å². The molecule has 2 rings (SSSR count). The third-order valence-corrected chi connectivity index (χ3v) is 3.45. The second-order valence-corrected chi connectivity index (χ2v) is 5.24. The lowest BCUT2D eigenvalue weighted by atomic mass is 10.1. The molecule has 20 heavy (non-hydrogen) atoms. The van der Waals surface area contributed by atoms with Gasteiger partial charge in [-0.15, -0.1) is 0 Å². The number of ether oxygens (including phenoxy) is 1. The molecule has 1 saturated heterocycles. The Kier molecular flexibility index (Phi) is 4.69. The first-order chi connectivity index (χ1) is 9.55. The molecular formula is C13H18ClN3O3. The molecule has 0 amide bonds. The van der Waals surface area contributed by atoms with Crippen LogP contribution in [0.1, 0.15) is 12.5 Å². The summed E-state index contributed by atoms with van der Waals surface area (Å²) >= 11 is 6.04. The third kappa shape index (κ3) is 3.15. The zero-order chi connectivity index (χ0) is 14.7. The van der Waals surface area contributed by atoms with Gasteiger partial charge in [0, 0.05) is 29.4 Å². The molecule has 6 nitrogen and oxygen atoms in total. The summed E-state index contributed by atoms with van der Waals surface area (Å²) in [5.41, 5.74) is 7.07. The van der Waals surface area contributed by atoms with Crippen LogP contribution < -0.4 is 10.6 Å². The van der Waals surface area contributed by atoms with E-state index in [0.29, 0.717) is 23.7 Å². The Morgan fingerprint density at radius 3 is 2.95 bits per heavy atom. The third-order valence-electron chi connectivity index (χ3n) is 3.21. The maximum Gasteiger partial charge on any atom is 0.172 e. The van der Waals surface area contributed by atoms with Gasteiger partial charge in [-0.25, -0.2) is 0 Å². The average molecular weight is 300 g/mol. The molecule has 0 bridgehead atoms. The molecule has 110 valence electrons. The number of anilines is 1. The van der Waals surface area contributed by atoms with Crippen molar-refractivity contribution in [1.29, 1.82) is 0 Å². The number of morpholine rings is 1. The number of rotatable bonds is 3. The standard InChI is InChI=1S/C13H18ClN3O3/c1-8-5-17(6-10(7-18)20-8)12-4-9(14)2-3-11(12)13(15)16-19/h2-4,8,10,18-19H,5-7H2,1H3,(H2,15,16). The highest BCUT2D eigenvalue weighted by Gasteiger charge is 2.27. The predicted octanol–water partition coefficient (Wildman–Crippen LogP) is 1.02. The zero-order valence-electron chi connectivity index (χ0n) is 11.2. The first-order valence-corrected chi connectivity index (χ1v) is 6.71. The van der Waals surface area contributed by atoms with Gasteiger partial charge in [0.15, 0.2) is 5.84 Å². The molecule has 1 aromatic rings. The number of hydrogen-bond acceptors (Lipinski definition) is 5. The molecule has 0 aliphatic carbocycles. The number of nitrogens with two attached hydrogens (primary N) is 1. The fraction of sp³-hybridized carbons (Fsp3) is 0.462. The maximum absolute atomic E-state index is 9.29. The van der Waals surface area contributed by atoms with Gasteiger partial charge in [0.25, 0.3) is 0 Å². The van der Waals surface area contributed by atoms with Crippen molar-refractivity contribution in [1.82, 2.24) is 0 Å². The molecule has 1 aromatic carbocycles. The van der Waals surface area contributed by atoms with Crippen molar-refractivity contribution >= 4 is 23.1 Å². The van der Waals surface area contributed by atoms with E-state index in [1.54, 1.807) is 18.2 Å². The van der Waals surface area contributed by atoms with Crippen LogP contribution in [0, 0.1) is 0 Å². The van der Waals surface area contributed by atoms with Crippen molar-refractivity contribution in [2.45, 2.75) is 19.1 Å². The average Bonchev–Trinajstić information content (AvgIpc) is 2.45. The van der Waals surface area contributed by atoms with E-state index in [2.05, 4.69) is 5.16 Å². The van der Waals surface area contributed by atoms with Crippen molar-refractivity contribution in [3.05, 3.63) is 28.8 Å². The van der Waals surface area contributed by atoms with Gasteiger partial charge < -0.3 is 25.7 Å². The molecule has 0 radical (unpaired) electrons. The van der Waals surface area contributed by atoms with Gasteiger partial charge in [0.2, 0.25) is 0 Å². The van der Waals surface area contributed by atoms with Crippen LogP contribution in [-0.4, -0.2) is 48.1 Å². The second-order valence-electron chi connectivity index (χ2n) is 4.80. The molecule has 1 fully saturated rings. The van der Waals surface area contributed by atoms with Gasteiger partial charge in [-0.05, 0) is 25.1 Å². The zero-order valence-corrected chi connectivity index (χ0v) is 11.9. The molecule has 2 atom stereocenters. The van der Waals surface area contributed by atoms with Gasteiger partial charge in [-0.2, -0.15) is 0 Å². The van der Waals surface area contributed by atoms with Crippen LogP contribution in [0.4, 0.5) is 5.69 Å². The number of halogens is 1. The van der Waals surface area contributed by atoms with E-state index in [-0.39, 0.29) is 24.7 Å². The Morgan fingerprint density at radius 2 is 2.30 bits per heavy atom. The monoisotopic (exact) mass is 299 g/mol. The Balaban J connectivity index is 2.37. The summed E-state index contributed by atoms with van der Waals surface area (Å²) in [6, 6.07) is 5.16. The molecule has 4 N–H and O–H groups in total. The highest BCUT2D eigenvalue weighted by molar-refractivity contribution is 6.31. The molecule has 0 saturated carbocycles. The lowest BCUT2D eigenvalue weighted by Crippen LogP contribution is -2.48. The fourth-order valence-corrected chi connectivity index (χ4v) is 2.55. The van der Waals surface area contributed by atoms with Gasteiger partial charge >= 0.3 is 0 Å². The van der Waals surface area contributed by atoms with Gasteiger partial charge in [0.1, 0.15) is 0 Å². The smallest absolute Gasteiger partial charge is 0.172 e.